The number of thioether (sulfide) groups is 2. The van der Waals surface area contributed by atoms with Crippen molar-refractivity contribution in [2.75, 3.05) is 17.3 Å². The normalized spacial score (nSPS) is 24.8. The Morgan fingerprint density at radius 1 is 1.57 bits per heavy atom. The number of rotatable bonds is 3. The molecule has 1 aliphatic heterocycles. The van der Waals surface area contributed by atoms with E-state index < -0.39 is 0 Å². The van der Waals surface area contributed by atoms with Crippen LogP contribution in [0.1, 0.15) is 11.6 Å². The summed E-state index contributed by atoms with van der Waals surface area (Å²) in [6.07, 6.45) is 3.46. The Labute approximate surface area is 92.2 Å². The molecule has 3 nitrogen and oxygen atoms in total. The van der Waals surface area contributed by atoms with Gasteiger partial charge in [0.15, 0.2) is 0 Å². The predicted molar refractivity (Wildman–Crippen MR) is 62.3 cm³/mol. The number of furan rings is 1. The third-order valence-corrected chi connectivity index (χ3v) is 5.16. The molecule has 2 atom stereocenters. The average Bonchev–Trinajstić information content (AvgIpc) is 2.74. The number of hydrazine groups is 1. The highest BCUT2D eigenvalue weighted by molar-refractivity contribution is 8.06. The van der Waals surface area contributed by atoms with Gasteiger partial charge in [0.25, 0.3) is 0 Å². The Balaban J connectivity index is 2.04. The van der Waals surface area contributed by atoms with Gasteiger partial charge in [-0.05, 0) is 6.07 Å². The fourth-order valence-electron chi connectivity index (χ4n) is 1.57. The molecular weight excluding hydrogens is 216 g/mol. The van der Waals surface area contributed by atoms with Crippen LogP contribution < -0.4 is 11.3 Å². The molecule has 0 radical (unpaired) electrons. The van der Waals surface area contributed by atoms with E-state index in [9.17, 15) is 0 Å². The smallest absolute Gasteiger partial charge is 0.0951 e. The molecular formula is C9H14N2OS2. The Morgan fingerprint density at radius 3 is 3.07 bits per heavy atom. The van der Waals surface area contributed by atoms with E-state index in [1.54, 1.807) is 12.5 Å². The SMILES string of the molecule is NNC(c1ccoc1)C1CSCCS1. The molecule has 2 unspecified atom stereocenters. The minimum atomic E-state index is 0.214. The Morgan fingerprint density at radius 2 is 2.50 bits per heavy atom. The molecule has 78 valence electrons. The lowest BCUT2D eigenvalue weighted by Gasteiger charge is -2.28. The van der Waals surface area contributed by atoms with Gasteiger partial charge in [-0.2, -0.15) is 23.5 Å². The molecule has 0 aromatic carbocycles. The van der Waals surface area contributed by atoms with Gasteiger partial charge in [0, 0.05) is 28.1 Å². The van der Waals surface area contributed by atoms with Crippen LogP contribution >= 0.6 is 23.5 Å². The molecule has 0 bridgehead atoms. The van der Waals surface area contributed by atoms with Crippen LogP contribution in [0.25, 0.3) is 0 Å². The zero-order valence-electron chi connectivity index (χ0n) is 7.81. The van der Waals surface area contributed by atoms with Crippen molar-refractivity contribution in [2.24, 2.45) is 5.84 Å². The highest BCUT2D eigenvalue weighted by Gasteiger charge is 2.25. The summed E-state index contributed by atoms with van der Waals surface area (Å²) in [4.78, 5) is 0. The average molecular weight is 230 g/mol. The van der Waals surface area contributed by atoms with Gasteiger partial charge in [-0.25, -0.2) is 0 Å². The fraction of sp³-hybridized carbons (Fsp3) is 0.556. The molecule has 5 heteroatoms. The second-order valence-electron chi connectivity index (χ2n) is 3.19. The van der Waals surface area contributed by atoms with Gasteiger partial charge in [-0.15, -0.1) is 0 Å². The lowest BCUT2D eigenvalue weighted by Crippen LogP contribution is -2.37. The van der Waals surface area contributed by atoms with Crippen molar-refractivity contribution >= 4 is 23.5 Å². The molecule has 1 aliphatic rings. The van der Waals surface area contributed by atoms with E-state index in [1.165, 1.54) is 11.5 Å². The van der Waals surface area contributed by atoms with Crippen molar-refractivity contribution in [3.8, 4) is 0 Å². The summed E-state index contributed by atoms with van der Waals surface area (Å²) in [5, 5.41) is 0.552. The molecule has 1 aromatic rings. The van der Waals surface area contributed by atoms with Crippen molar-refractivity contribution in [2.45, 2.75) is 11.3 Å². The van der Waals surface area contributed by atoms with E-state index in [-0.39, 0.29) is 6.04 Å². The first-order valence-corrected chi connectivity index (χ1v) is 6.79. The van der Waals surface area contributed by atoms with Gasteiger partial charge in [-0.1, -0.05) is 0 Å². The molecule has 1 fully saturated rings. The standard InChI is InChI=1S/C9H14N2OS2/c10-11-9(7-1-2-12-5-7)8-6-13-3-4-14-8/h1-2,5,8-9,11H,3-4,6,10H2. The maximum absolute atomic E-state index is 5.58. The largest absolute Gasteiger partial charge is 0.472 e. The summed E-state index contributed by atoms with van der Waals surface area (Å²) in [7, 11) is 0. The van der Waals surface area contributed by atoms with E-state index in [0.29, 0.717) is 5.25 Å². The van der Waals surface area contributed by atoms with Crippen molar-refractivity contribution in [1.29, 1.82) is 0 Å². The van der Waals surface area contributed by atoms with Gasteiger partial charge in [-0.3, -0.25) is 11.3 Å². The Bertz CT molecular complexity index is 260. The van der Waals surface area contributed by atoms with Gasteiger partial charge in [0.1, 0.15) is 0 Å². The first kappa shape index (κ1) is 10.4. The van der Waals surface area contributed by atoms with E-state index in [4.69, 9.17) is 10.3 Å². The zero-order valence-corrected chi connectivity index (χ0v) is 9.44. The summed E-state index contributed by atoms with van der Waals surface area (Å²) < 4.78 is 5.08. The first-order chi connectivity index (χ1) is 6.92. The second kappa shape index (κ2) is 5.11. The molecule has 14 heavy (non-hydrogen) atoms. The van der Waals surface area contributed by atoms with Crippen LogP contribution in [-0.2, 0) is 0 Å². The van der Waals surface area contributed by atoms with Crippen molar-refractivity contribution in [1.82, 2.24) is 5.43 Å². The van der Waals surface area contributed by atoms with Crippen LogP contribution in [0.5, 0.6) is 0 Å². The van der Waals surface area contributed by atoms with E-state index >= 15 is 0 Å². The monoisotopic (exact) mass is 230 g/mol. The molecule has 1 aromatic heterocycles. The third-order valence-electron chi connectivity index (χ3n) is 2.30. The predicted octanol–water partition coefficient (Wildman–Crippen LogP) is 1.63. The highest BCUT2D eigenvalue weighted by atomic mass is 32.2. The van der Waals surface area contributed by atoms with Gasteiger partial charge >= 0.3 is 0 Å². The van der Waals surface area contributed by atoms with Gasteiger partial charge in [0.05, 0.1) is 18.6 Å². The summed E-state index contributed by atoms with van der Waals surface area (Å²) in [5.74, 6) is 9.21. The molecule has 0 spiro atoms. The Hall–Kier alpha value is -0.100. The fourth-order valence-corrected chi connectivity index (χ4v) is 4.42. The summed E-state index contributed by atoms with van der Waals surface area (Å²) in [5.41, 5.74) is 4.03. The van der Waals surface area contributed by atoms with Crippen LogP contribution in [0.15, 0.2) is 23.0 Å². The molecule has 1 saturated heterocycles. The third kappa shape index (κ3) is 2.28. The van der Waals surface area contributed by atoms with Crippen LogP contribution in [0.4, 0.5) is 0 Å². The molecule has 0 amide bonds. The van der Waals surface area contributed by atoms with Crippen molar-refractivity contribution < 1.29 is 4.42 Å². The van der Waals surface area contributed by atoms with Gasteiger partial charge < -0.3 is 4.42 Å². The number of nitrogens with one attached hydrogen (secondary N) is 1. The lowest BCUT2D eigenvalue weighted by molar-refractivity contribution is 0.526. The Kier molecular flexibility index (Phi) is 3.81. The molecule has 0 saturated carbocycles. The molecule has 3 N–H and O–H groups in total. The van der Waals surface area contributed by atoms with E-state index in [0.717, 1.165) is 11.3 Å². The van der Waals surface area contributed by atoms with Crippen molar-refractivity contribution in [3.05, 3.63) is 24.2 Å². The molecule has 2 rings (SSSR count). The van der Waals surface area contributed by atoms with E-state index in [2.05, 4.69) is 5.43 Å². The van der Waals surface area contributed by atoms with Crippen LogP contribution in [-0.4, -0.2) is 22.5 Å². The van der Waals surface area contributed by atoms with Crippen LogP contribution in [0.2, 0.25) is 0 Å². The summed E-state index contributed by atoms with van der Waals surface area (Å²) in [6.45, 7) is 0. The van der Waals surface area contributed by atoms with Crippen molar-refractivity contribution in [3.63, 3.8) is 0 Å². The minimum Gasteiger partial charge on any atom is -0.472 e. The minimum absolute atomic E-state index is 0.214. The second-order valence-corrected chi connectivity index (χ2v) is 5.68. The van der Waals surface area contributed by atoms with E-state index in [1.807, 2.05) is 29.6 Å². The number of hydrogen-bond donors (Lipinski definition) is 2. The topological polar surface area (TPSA) is 51.2 Å². The summed E-state index contributed by atoms with van der Waals surface area (Å²) >= 11 is 3.99. The highest BCUT2D eigenvalue weighted by Crippen LogP contribution is 2.33. The maximum atomic E-state index is 5.58. The lowest BCUT2D eigenvalue weighted by atomic mass is 10.1. The first-order valence-electron chi connectivity index (χ1n) is 4.59. The maximum Gasteiger partial charge on any atom is 0.0951 e. The summed E-state index contributed by atoms with van der Waals surface area (Å²) in [6, 6.07) is 2.19. The van der Waals surface area contributed by atoms with Crippen LogP contribution in [0.3, 0.4) is 0 Å². The zero-order chi connectivity index (χ0) is 9.80. The molecule has 0 aliphatic carbocycles. The number of nitrogens with two attached hydrogens (primary N) is 1. The quantitative estimate of drug-likeness (QED) is 0.610. The molecule has 2 heterocycles. The number of hydrogen-bond acceptors (Lipinski definition) is 5. The van der Waals surface area contributed by atoms with Gasteiger partial charge in [0.2, 0.25) is 0 Å². The van der Waals surface area contributed by atoms with Crippen LogP contribution in [0, 0.1) is 0 Å².